The van der Waals surface area contributed by atoms with E-state index in [1.165, 1.54) is 0 Å². The number of carbonyl (C=O) groups excluding carboxylic acids is 2. The van der Waals surface area contributed by atoms with Gasteiger partial charge in [0.25, 0.3) is 0 Å². The highest BCUT2D eigenvalue weighted by atomic mass is 79.9. The molecule has 0 saturated carbocycles. The lowest BCUT2D eigenvalue weighted by Gasteiger charge is -2.20. The standard InChI is InChI=1S/C12H12BrN3O2/c13-6-1-2-8-7(3-6)12(11(18)16-8)4-9(10(14)17)15-5-12/h1-3,9,15H,4-5H2,(H2,14,17)(H,16,18)/t9-,12-/m0/s1. The maximum absolute atomic E-state index is 12.2. The average molecular weight is 310 g/mol. The smallest absolute Gasteiger partial charge is 0.236 e. The van der Waals surface area contributed by atoms with Crippen LogP contribution in [0.15, 0.2) is 22.7 Å². The minimum Gasteiger partial charge on any atom is -0.368 e. The Morgan fingerprint density at radius 2 is 2.28 bits per heavy atom. The first-order valence-corrected chi connectivity index (χ1v) is 6.46. The van der Waals surface area contributed by atoms with Crippen molar-refractivity contribution in [1.29, 1.82) is 0 Å². The Bertz CT molecular complexity index is 560. The van der Waals surface area contributed by atoms with Crippen molar-refractivity contribution in [3.05, 3.63) is 28.2 Å². The molecule has 1 spiro atoms. The zero-order valence-electron chi connectivity index (χ0n) is 9.50. The van der Waals surface area contributed by atoms with Crippen molar-refractivity contribution in [2.45, 2.75) is 17.9 Å². The molecule has 5 nitrogen and oxygen atoms in total. The normalized spacial score (nSPS) is 29.4. The summed E-state index contributed by atoms with van der Waals surface area (Å²) in [4.78, 5) is 23.5. The van der Waals surface area contributed by atoms with Gasteiger partial charge in [0.15, 0.2) is 0 Å². The van der Waals surface area contributed by atoms with Gasteiger partial charge in [0.2, 0.25) is 11.8 Å². The van der Waals surface area contributed by atoms with Gasteiger partial charge in [-0.1, -0.05) is 15.9 Å². The van der Waals surface area contributed by atoms with E-state index in [1.807, 2.05) is 18.2 Å². The molecule has 4 N–H and O–H groups in total. The molecule has 2 amide bonds. The van der Waals surface area contributed by atoms with Crippen LogP contribution in [0, 0.1) is 0 Å². The third-order valence-electron chi connectivity index (χ3n) is 3.73. The fourth-order valence-corrected chi connectivity index (χ4v) is 3.12. The maximum atomic E-state index is 12.2. The summed E-state index contributed by atoms with van der Waals surface area (Å²) >= 11 is 3.41. The van der Waals surface area contributed by atoms with E-state index >= 15 is 0 Å². The minimum atomic E-state index is -0.668. The van der Waals surface area contributed by atoms with E-state index in [-0.39, 0.29) is 5.91 Å². The van der Waals surface area contributed by atoms with Gasteiger partial charge in [-0.2, -0.15) is 0 Å². The van der Waals surface area contributed by atoms with E-state index in [9.17, 15) is 9.59 Å². The van der Waals surface area contributed by atoms with E-state index < -0.39 is 17.4 Å². The third kappa shape index (κ3) is 1.49. The first-order valence-electron chi connectivity index (χ1n) is 5.67. The molecule has 0 aliphatic carbocycles. The van der Waals surface area contributed by atoms with Crippen molar-refractivity contribution in [3.8, 4) is 0 Å². The van der Waals surface area contributed by atoms with Crippen LogP contribution in [0.25, 0.3) is 0 Å². The Morgan fingerprint density at radius 3 is 2.94 bits per heavy atom. The van der Waals surface area contributed by atoms with Crippen molar-refractivity contribution >= 4 is 33.4 Å². The second-order valence-corrected chi connectivity index (χ2v) is 5.68. The summed E-state index contributed by atoms with van der Waals surface area (Å²) in [5.74, 6) is -0.477. The summed E-state index contributed by atoms with van der Waals surface area (Å²) < 4.78 is 0.916. The molecule has 2 atom stereocenters. The van der Waals surface area contributed by atoms with E-state index in [0.717, 1.165) is 15.7 Å². The monoisotopic (exact) mass is 309 g/mol. The molecule has 0 aromatic heterocycles. The first kappa shape index (κ1) is 11.7. The lowest BCUT2D eigenvalue weighted by atomic mass is 9.79. The van der Waals surface area contributed by atoms with Gasteiger partial charge >= 0.3 is 0 Å². The molecule has 2 aliphatic rings. The molecule has 0 unspecified atom stereocenters. The zero-order chi connectivity index (χ0) is 12.9. The topological polar surface area (TPSA) is 84.2 Å². The number of hydrogen-bond acceptors (Lipinski definition) is 3. The largest absolute Gasteiger partial charge is 0.368 e. The number of hydrogen-bond donors (Lipinski definition) is 3. The average Bonchev–Trinajstić information content (AvgIpc) is 2.86. The number of amides is 2. The van der Waals surface area contributed by atoms with Crippen LogP contribution in [-0.2, 0) is 15.0 Å². The Hall–Kier alpha value is -1.40. The predicted octanol–water partition coefficient (Wildman–Crippen LogP) is 0.486. The predicted molar refractivity (Wildman–Crippen MR) is 70.1 cm³/mol. The number of fused-ring (bicyclic) bond motifs is 2. The number of benzene rings is 1. The van der Waals surface area contributed by atoms with Crippen molar-refractivity contribution < 1.29 is 9.59 Å². The molecular weight excluding hydrogens is 298 g/mol. The Kier molecular flexibility index (Phi) is 2.46. The van der Waals surface area contributed by atoms with Crippen LogP contribution in [0.4, 0.5) is 5.69 Å². The highest BCUT2D eigenvalue weighted by Gasteiger charge is 2.52. The highest BCUT2D eigenvalue weighted by molar-refractivity contribution is 9.10. The first-order chi connectivity index (χ1) is 8.53. The summed E-state index contributed by atoms with van der Waals surface area (Å²) in [5.41, 5.74) is 6.38. The number of rotatable bonds is 1. The van der Waals surface area contributed by atoms with Gasteiger partial charge in [-0.25, -0.2) is 0 Å². The molecule has 1 aromatic carbocycles. The van der Waals surface area contributed by atoms with Crippen molar-refractivity contribution in [2.75, 3.05) is 11.9 Å². The molecule has 1 aromatic rings. The van der Waals surface area contributed by atoms with Gasteiger partial charge in [0, 0.05) is 16.7 Å². The van der Waals surface area contributed by atoms with Gasteiger partial charge < -0.3 is 16.4 Å². The van der Waals surface area contributed by atoms with Crippen LogP contribution >= 0.6 is 15.9 Å². The van der Waals surface area contributed by atoms with Gasteiger partial charge in [0.05, 0.1) is 11.5 Å². The molecule has 2 heterocycles. The summed E-state index contributed by atoms with van der Waals surface area (Å²) in [6, 6.07) is 5.23. The summed E-state index contributed by atoms with van der Waals surface area (Å²) in [5, 5.41) is 5.89. The van der Waals surface area contributed by atoms with Gasteiger partial charge in [-0.15, -0.1) is 0 Å². The number of carbonyl (C=O) groups is 2. The number of anilines is 1. The Morgan fingerprint density at radius 1 is 1.50 bits per heavy atom. The number of nitrogens with two attached hydrogens (primary N) is 1. The number of primary amides is 1. The third-order valence-corrected chi connectivity index (χ3v) is 4.22. The van der Waals surface area contributed by atoms with Crippen LogP contribution < -0.4 is 16.4 Å². The number of nitrogens with one attached hydrogen (secondary N) is 2. The van der Waals surface area contributed by atoms with E-state index in [1.54, 1.807) is 0 Å². The molecule has 0 radical (unpaired) electrons. The van der Waals surface area contributed by atoms with Crippen LogP contribution in [0.5, 0.6) is 0 Å². The van der Waals surface area contributed by atoms with E-state index in [2.05, 4.69) is 26.6 Å². The molecule has 18 heavy (non-hydrogen) atoms. The second kappa shape index (κ2) is 3.80. The molecule has 94 valence electrons. The van der Waals surface area contributed by atoms with Crippen molar-refractivity contribution in [3.63, 3.8) is 0 Å². The lowest BCUT2D eigenvalue weighted by Crippen LogP contribution is -2.36. The van der Waals surface area contributed by atoms with E-state index in [0.29, 0.717) is 13.0 Å². The fraction of sp³-hybridized carbons (Fsp3) is 0.333. The molecule has 0 bridgehead atoms. The van der Waals surface area contributed by atoms with Crippen LogP contribution in [-0.4, -0.2) is 24.4 Å². The molecule has 2 aliphatic heterocycles. The maximum Gasteiger partial charge on any atom is 0.236 e. The molecular formula is C12H12BrN3O2. The van der Waals surface area contributed by atoms with Crippen molar-refractivity contribution in [2.24, 2.45) is 5.73 Å². The fourth-order valence-electron chi connectivity index (χ4n) is 2.76. The molecule has 1 saturated heterocycles. The zero-order valence-corrected chi connectivity index (χ0v) is 11.1. The molecule has 3 rings (SSSR count). The van der Waals surface area contributed by atoms with E-state index in [4.69, 9.17) is 5.73 Å². The minimum absolute atomic E-state index is 0.0631. The van der Waals surface area contributed by atoms with Crippen LogP contribution in [0.1, 0.15) is 12.0 Å². The Balaban J connectivity index is 2.06. The lowest BCUT2D eigenvalue weighted by molar-refractivity contribution is -0.120. The molecule has 6 heteroatoms. The van der Waals surface area contributed by atoms with Crippen LogP contribution in [0.2, 0.25) is 0 Å². The summed E-state index contributed by atoms with van der Waals surface area (Å²) in [7, 11) is 0. The summed E-state index contributed by atoms with van der Waals surface area (Å²) in [6.45, 7) is 0.440. The SMILES string of the molecule is NC(=O)[C@@H]1C[C@@]2(CN1)C(=O)Nc1ccc(Br)cc12. The van der Waals surface area contributed by atoms with Crippen molar-refractivity contribution in [1.82, 2.24) is 5.32 Å². The van der Waals surface area contributed by atoms with Gasteiger partial charge in [0.1, 0.15) is 0 Å². The second-order valence-electron chi connectivity index (χ2n) is 4.77. The summed E-state index contributed by atoms with van der Waals surface area (Å²) in [6.07, 6.45) is 0.414. The molecule has 1 fully saturated rings. The van der Waals surface area contributed by atoms with Crippen LogP contribution in [0.3, 0.4) is 0 Å². The van der Waals surface area contributed by atoms with Gasteiger partial charge in [-0.3, -0.25) is 9.59 Å². The quantitative estimate of drug-likeness (QED) is 0.706. The Labute approximate surface area is 112 Å². The number of halogens is 1. The highest BCUT2D eigenvalue weighted by Crippen LogP contribution is 2.44. The van der Waals surface area contributed by atoms with Gasteiger partial charge in [-0.05, 0) is 30.2 Å².